The second-order valence-electron chi connectivity index (χ2n) is 13.0. The summed E-state index contributed by atoms with van der Waals surface area (Å²) in [7, 11) is 0. The Kier molecular flexibility index (Phi) is 9.56. The number of carbonyl (C=O) groups excluding carboxylic acids is 3. The number of aliphatic hydroxyl groups excluding tert-OH is 1. The summed E-state index contributed by atoms with van der Waals surface area (Å²) in [5.74, 6) is -1.60. The number of fused-ring (bicyclic) bond motifs is 1. The Balaban J connectivity index is 1.56. The topological polar surface area (TPSA) is 99.6 Å². The lowest BCUT2D eigenvalue weighted by atomic mass is 9.66. The first-order chi connectivity index (χ1) is 21.2. The van der Waals surface area contributed by atoms with Crippen LogP contribution in [-0.2, 0) is 19.1 Å². The van der Waals surface area contributed by atoms with Gasteiger partial charge in [-0.05, 0) is 70.2 Å². The molecule has 4 aliphatic rings. The van der Waals surface area contributed by atoms with Crippen LogP contribution in [0.15, 0.2) is 49.6 Å². The van der Waals surface area contributed by atoms with Crippen LogP contribution in [0.25, 0.3) is 0 Å². The smallest absolute Gasteiger partial charge is 0.248 e. The van der Waals surface area contributed by atoms with Crippen molar-refractivity contribution in [1.29, 1.82) is 0 Å². The molecule has 2 bridgehead atoms. The highest BCUT2D eigenvalue weighted by atomic mass is 16.5. The molecule has 1 saturated carbocycles. The number of rotatable bonds is 13. The van der Waals surface area contributed by atoms with Gasteiger partial charge in [-0.25, -0.2) is 0 Å². The largest absolute Gasteiger partial charge is 0.494 e. The van der Waals surface area contributed by atoms with Gasteiger partial charge in [0.25, 0.3) is 0 Å². The average Bonchev–Trinajstić information content (AvgIpc) is 3.60. The van der Waals surface area contributed by atoms with Gasteiger partial charge in [0.15, 0.2) is 0 Å². The van der Waals surface area contributed by atoms with Gasteiger partial charge < -0.3 is 29.3 Å². The number of likely N-dealkylation sites (tertiary alicyclic amines) is 1. The molecule has 4 fully saturated rings. The average molecular weight is 608 g/mol. The molecule has 1 aromatic rings. The molecule has 9 heteroatoms. The Labute approximate surface area is 261 Å². The quantitative estimate of drug-likeness (QED) is 0.332. The van der Waals surface area contributed by atoms with E-state index in [-0.39, 0.29) is 36.9 Å². The zero-order valence-corrected chi connectivity index (χ0v) is 26.6. The lowest BCUT2D eigenvalue weighted by Crippen LogP contribution is -2.60. The number of benzene rings is 1. The second kappa shape index (κ2) is 13.1. The molecule has 1 aliphatic carbocycles. The molecular formula is C35H49N3O6. The number of hydrogen-bond donors (Lipinski definition) is 1. The first-order valence-electron chi connectivity index (χ1n) is 16.4. The Morgan fingerprint density at radius 3 is 2.36 bits per heavy atom. The van der Waals surface area contributed by atoms with Crippen LogP contribution < -0.4 is 9.64 Å². The Hall–Kier alpha value is -3.17. The molecule has 3 heterocycles. The van der Waals surface area contributed by atoms with Crippen molar-refractivity contribution >= 4 is 23.4 Å². The first kappa shape index (κ1) is 32.2. The second-order valence-corrected chi connectivity index (χ2v) is 13.0. The van der Waals surface area contributed by atoms with E-state index in [2.05, 4.69) is 13.2 Å². The van der Waals surface area contributed by atoms with Gasteiger partial charge in [-0.15, -0.1) is 13.2 Å². The van der Waals surface area contributed by atoms with E-state index in [4.69, 9.17) is 9.47 Å². The van der Waals surface area contributed by atoms with Gasteiger partial charge in [0.1, 0.15) is 17.4 Å². The molecule has 1 spiro atoms. The summed E-state index contributed by atoms with van der Waals surface area (Å²) < 4.78 is 12.5. The van der Waals surface area contributed by atoms with Crippen molar-refractivity contribution in [2.45, 2.75) is 101 Å². The summed E-state index contributed by atoms with van der Waals surface area (Å²) in [5.41, 5.74) is -1.40. The van der Waals surface area contributed by atoms with E-state index in [9.17, 15) is 19.5 Å². The molecule has 1 aromatic carbocycles. The summed E-state index contributed by atoms with van der Waals surface area (Å²) in [5, 5.41) is 10.4. The van der Waals surface area contributed by atoms with Crippen LogP contribution in [0.3, 0.4) is 0 Å². The van der Waals surface area contributed by atoms with Crippen LogP contribution in [-0.4, -0.2) is 88.3 Å². The van der Waals surface area contributed by atoms with Crippen LogP contribution in [0.4, 0.5) is 5.69 Å². The maximum absolute atomic E-state index is 14.8. The number of hydrogen-bond acceptors (Lipinski definition) is 6. The minimum atomic E-state index is -1.15. The lowest BCUT2D eigenvalue weighted by Gasteiger charge is -2.42. The molecule has 9 nitrogen and oxygen atoms in total. The first-order valence-corrected chi connectivity index (χ1v) is 16.4. The fraction of sp³-hybridized carbons (Fsp3) is 0.629. The maximum atomic E-state index is 14.8. The zero-order chi connectivity index (χ0) is 31.6. The van der Waals surface area contributed by atoms with Gasteiger partial charge in [0, 0.05) is 24.8 Å². The SMILES string of the molecule is C=CCN(C(=O)[C@@H]1[C@H]2C(=O)N([C@@H](CC)CO)C(C(=O)N(CC=C)C3CCCCC3)C23CC[C@@]1(C)O3)c1ccc(OCC)cc1. The maximum Gasteiger partial charge on any atom is 0.248 e. The number of amides is 3. The molecule has 44 heavy (non-hydrogen) atoms. The molecular weight excluding hydrogens is 558 g/mol. The van der Waals surface area contributed by atoms with Crippen molar-refractivity contribution in [3.8, 4) is 5.75 Å². The Bertz CT molecular complexity index is 1240. The van der Waals surface area contributed by atoms with Crippen molar-refractivity contribution < 1.29 is 29.0 Å². The lowest BCUT2D eigenvalue weighted by molar-refractivity contribution is -0.156. The van der Waals surface area contributed by atoms with Crippen molar-refractivity contribution in [2.75, 3.05) is 31.2 Å². The van der Waals surface area contributed by atoms with E-state index in [0.29, 0.717) is 43.9 Å². The molecule has 3 amide bonds. The monoisotopic (exact) mass is 607 g/mol. The minimum Gasteiger partial charge on any atom is -0.494 e. The highest BCUT2D eigenvalue weighted by Gasteiger charge is 2.79. The molecule has 240 valence electrons. The van der Waals surface area contributed by atoms with Crippen LogP contribution in [0, 0.1) is 11.8 Å². The molecule has 2 unspecified atom stereocenters. The third-order valence-electron chi connectivity index (χ3n) is 10.5. The van der Waals surface area contributed by atoms with E-state index < -0.39 is 35.1 Å². The van der Waals surface area contributed by atoms with Crippen LogP contribution in [0.2, 0.25) is 0 Å². The summed E-state index contributed by atoms with van der Waals surface area (Å²) >= 11 is 0. The summed E-state index contributed by atoms with van der Waals surface area (Å²) in [4.78, 5) is 49.2. The number of carbonyl (C=O) groups is 3. The van der Waals surface area contributed by atoms with E-state index in [1.807, 2.05) is 49.9 Å². The minimum absolute atomic E-state index is 0.0604. The Morgan fingerprint density at radius 1 is 1.09 bits per heavy atom. The molecule has 3 aliphatic heterocycles. The Morgan fingerprint density at radius 2 is 1.77 bits per heavy atom. The fourth-order valence-corrected chi connectivity index (χ4v) is 8.44. The number of ether oxygens (including phenoxy) is 2. The van der Waals surface area contributed by atoms with Gasteiger partial charge in [0.2, 0.25) is 17.7 Å². The highest BCUT2D eigenvalue weighted by Crippen LogP contribution is 2.64. The normalized spacial score (nSPS) is 30.1. The highest BCUT2D eigenvalue weighted by molar-refractivity contribution is 6.03. The van der Waals surface area contributed by atoms with Gasteiger partial charge in [-0.3, -0.25) is 14.4 Å². The predicted molar refractivity (Wildman–Crippen MR) is 169 cm³/mol. The summed E-state index contributed by atoms with van der Waals surface area (Å²) in [6.45, 7) is 14.5. The van der Waals surface area contributed by atoms with Gasteiger partial charge in [0.05, 0.1) is 36.7 Å². The van der Waals surface area contributed by atoms with Crippen molar-refractivity contribution in [1.82, 2.24) is 9.80 Å². The number of anilines is 1. The van der Waals surface area contributed by atoms with Gasteiger partial charge >= 0.3 is 0 Å². The molecule has 3 saturated heterocycles. The molecule has 0 aromatic heterocycles. The molecule has 0 radical (unpaired) electrons. The van der Waals surface area contributed by atoms with E-state index in [0.717, 1.165) is 32.1 Å². The number of nitrogens with zero attached hydrogens (tertiary/aromatic N) is 3. The summed E-state index contributed by atoms with van der Waals surface area (Å²) in [6.07, 6.45) is 10.0. The van der Waals surface area contributed by atoms with Crippen molar-refractivity contribution in [3.63, 3.8) is 0 Å². The van der Waals surface area contributed by atoms with Crippen LogP contribution in [0.1, 0.15) is 72.1 Å². The standard InChI is InChI=1S/C35H49N3O6/c1-6-21-36(26-15-17-27(18-16-26)43-9-4)31(40)28-29-32(41)38(24(8-3)23-39)30(35(29)20-19-34(28,5)44-35)33(42)37(22-7-2)25-13-11-10-12-14-25/h6-7,15-18,24-25,28-30,39H,1-2,8-14,19-23H2,3-5H3/t24-,28-,29-,30?,34+,35?/m0/s1. The van der Waals surface area contributed by atoms with Crippen molar-refractivity contribution in [2.24, 2.45) is 11.8 Å². The third-order valence-corrected chi connectivity index (χ3v) is 10.5. The third kappa shape index (κ3) is 5.26. The fourth-order valence-electron chi connectivity index (χ4n) is 8.44. The van der Waals surface area contributed by atoms with Gasteiger partial charge in [-0.2, -0.15) is 0 Å². The summed E-state index contributed by atoms with van der Waals surface area (Å²) in [6, 6.07) is 5.91. The molecule has 6 atom stereocenters. The predicted octanol–water partition coefficient (Wildman–Crippen LogP) is 4.49. The molecule has 1 N–H and O–H groups in total. The zero-order valence-electron chi connectivity index (χ0n) is 26.6. The van der Waals surface area contributed by atoms with Gasteiger partial charge in [-0.1, -0.05) is 38.3 Å². The van der Waals surface area contributed by atoms with Crippen LogP contribution >= 0.6 is 0 Å². The molecule has 5 rings (SSSR count). The van der Waals surface area contributed by atoms with E-state index >= 15 is 0 Å². The van der Waals surface area contributed by atoms with E-state index in [1.54, 1.807) is 22.0 Å². The van der Waals surface area contributed by atoms with Crippen LogP contribution in [0.5, 0.6) is 5.75 Å². The van der Waals surface area contributed by atoms with E-state index in [1.165, 1.54) is 0 Å². The van der Waals surface area contributed by atoms with Crippen molar-refractivity contribution in [3.05, 3.63) is 49.6 Å². The number of aliphatic hydroxyl groups is 1.